The highest BCUT2D eigenvalue weighted by Crippen LogP contribution is 2.33. The highest BCUT2D eigenvalue weighted by atomic mass is 35.5. The number of rotatable bonds is 2. The summed E-state index contributed by atoms with van der Waals surface area (Å²) in [6.45, 7) is 8.19. The molecular formula is C20H21Cl2N3OS. The lowest BCUT2D eigenvalue weighted by Gasteiger charge is -2.23. The Hall–Kier alpha value is -1.69. The fraction of sp³-hybridized carbons (Fsp3) is 0.300. The van der Waals surface area contributed by atoms with Crippen LogP contribution in [0.15, 0.2) is 41.4 Å². The second-order valence-electron chi connectivity index (χ2n) is 7.16. The van der Waals surface area contributed by atoms with Crippen molar-refractivity contribution in [2.45, 2.75) is 33.2 Å². The first-order valence-electron chi connectivity index (χ1n) is 8.52. The fourth-order valence-electron chi connectivity index (χ4n) is 2.61. The van der Waals surface area contributed by atoms with E-state index in [0.717, 1.165) is 17.0 Å². The van der Waals surface area contributed by atoms with Crippen molar-refractivity contribution >= 4 is 57.5 Å². The van der Waals surface area contributed by atoms with Gasteiger partial charge in [0.25, 0.3) is 0 Å². The van der Waals surface area contributed by atoms with E-state index in [1.165, 1.54) is 5.56 Å². The van der Waals surface area contributed by atoms with Crippen molar-refractivity contribution in [3.63, 3.8) is 0 Å². The minimum absolute atomic E-state index is 0.206. The largest absolute Gasteiger partial charge is 0.332 e. The summed E-state index contributed by atoms with van der Waals surface area (Å²) in [5, 5.41) is 4.41. The van der Waals surface area contributed by atoms with Gasteiger partial charge in [-0.1, -0.05) is 41.0 Å². The van der Waals surface area contributed by atoms with Crippen LogP contribution < -0.4 is 10.2 Å². The second-order valence-corrected chi connectivity index (χ2v) is 8.92. The summed E-state index contributed by atoms with van der Waals surface area (Å²) in [6.07, 6.45) is 0. The number of hydrogen-bond acceptors (Lipinski definition) is 3. The zero-order chi connectivity index (χ0) is 19.8. The van der Waals surface area contributed by atoms with Crippen LogP contribution in [0.25, 0.3) is 0 Å². The molecule has 2 aromatic rings. The van der Waals surface area contributed by atoms with Gasteiger partial charge >= 0.3 is 6.03 Å². The molecule has 2 aromatic carbocycles. The molecule has 1 heterocycles. The number of amidine groups is 1. The van der Waals surface area contributed by atoms with Crippen LogP contribution in [0.3, 0.4) is 0 Å². The molecule has 1 aliphatic rings. The van der Waals surface area contributed by atoms with Crippen LogP contribution in [-0.4, -0.2) is 22.5 Å². The Bertz CT molecular complexity index is 927. The lowest BCUT2D eigenvalue weighted by atomic mass is 10.1. The molecule has 0 aliphatic carbocycles. The topological polar surface area (TPSA) is 44.7 Å². The van der Waals surface area contributed by atoms with Crippen LogP contribution in [0.5, 0.6) is 0 Å². The number of aliphatic imine (C=N–C) groups is 1. The van der Waals surface area contributed by atoms with Crippen molar-refractivity contribution in [3.8, 4) is 0 Å². The van der Waals surface area contributed by atoms with Crippen molar-refractivity contribution in [2.75, 3.05) is 16.0 Å². The van der Waals surface area contributed by atoms with Gasteiger partial charge in [0.15, 0.2) is 5.17 Å². The molecule has 0 fully saturated rings. The van der Waals surface area contributed by atoms with Crippen molar-refractivity contribution in [1.82, 2.24) is 0 Å². The molecule has 0 saturated carbocycles. The first-order chi connectivity index (χ1) is 12.7. The predicted molar refractivity (Wildman–Crippen MR) is 118 cm³/mol. The summed E-state index contributed by atoms with van der Waals surface area (Å²) in [6, 6.07) is 10.7. The predicted octanol–water partition coefficient (Wildman–Crippen LogP) is 6.53. The van der Waals surface area contributed by atoms with Crippen LogP contribution in [0.1, 0.15) is 25.0 Å². The van der Waals surface area contributed by atoms with Crippen molar-refractivity contribution < 1.29 is 4.79 Å². The Balaban J connectivity index is 1.97. The van der Waals surface area contributed by atoms with E-state index >= 15 is 0 Å². The number of urea groups is 1. The van der Waals surface area contributed by atoms with E-state index in [9.17, 15) is 4.79 Å². The summed E-state index contributed by atoms with van der Waals surface area (Å²) in [5.41, 5.74) is 3.43. The summed E-state index contributed by atoms with van der Waals surface area (Å²) >= 11 is 13.6. The molecule has 4 nitrogen and oxygen atoms in total. The lowest BCUT2D eigenvalue weighted by Crippen LogP contribution is -2.38. The lowest BCUT2D eigenvalue weighted by molar-refractivity contribution is 0.259. The number of anilines is 2. The van der Waals surface area contributed by atoms with Crippen molar-refractivity contribution in [1.29, 1.82) is 0 Å². The average Bonchev–Trinajstić information content (AvgIpc) is 2.94. The first-order valence-corrected chi connectivity index (χ1v) is 10.3. The Morgan fingerprint density at radius 2 is 1.85 bits per heavy atom. The summed E-state index contributed by atoms with van der Waals surface area (Å²) in [5.74, 6) is 0.823. The molecule has 0 bridgehead atoms. The van der Waals surface area contributed by atoms with Crippen LogP contribution in [0.4, 0.5) is 16.2 Å². The minimum Gasteiger partial charge on any atom is -0.307 e. The Labute approximate surface area is 173 Å². The molecule has 0 spiro atoms. The van der Waals surface area contributed by atoms with E-state index in [1.807, 2.05) is 32.0 Å². The van der Waals surface area contributed by atoms with Gasteiger partial charge in [0.05, 0.1) is 21.3 Å². The normalized spacial score (nSPS) is 15.4. The smallest absolute Gasteiger partial charge is 0.307 e. The molecule has 0 radical (unpaired) electrons. The standard InChI is InChI=1S/C20H21Cl2N3OS/c1-12-5-7-15(9-13(12)2)25(19-24-20(3,4)11-27-19)18(26)23-14-6-8-16(21)17(22)10-14/h5-10H,11H2,1-4H3,(H,23,26). The van der Waals surface area contributed by atoms with Crippen molar-refractivity contribution in [2.24, 2.45) is 4.99 Å². The van der Waals surface area contributed by atoms with Crippen LogP contribution in [0, 0.1) is 13.8 Å². The molecule has 0 atom stereocenters. The first kappa shape index (κ1) is 20.1. The van der Waals surface area contributed by atoms with Gasteiger partial charge in [-0.15, -0.1) is 0 Å². The van der Waals surface area contributed by atoms with E-state index in [2.05, 4.69) is 19.2 Å². The maximum Gasteiger partial charge on any atom is 0.332 e. The summed E-state index contributed by atoms with van der Waals surface area (Å²) in [4.78, 5) is 19.5. The third kappa shape index (κ3) is 4.60. The van der Waals surface area contributed by atoms with Crippen molar-refractivity contribution in [3.05, 3.63) is 57.6 Å². The Morgan fingerprint density at radius 3 is 2.44 bits per heavy atom. The molecule has 0 saturated heterocycles. The number of aryl methyl sites for hydroxylation is 2. The number of carbonyl (C=O) groups excluding carboxylic acids is 1. The van der Waals surface area contributed by atoms with Gasteiger partial charge in [0.1, 0.15) is 0 Å². The molecule has 0 aromatic heterocycles. The van der Waals surface area contributed by atoms with E-state index in [1.54, 1.807) is 34.9 Å². The van der Waals surface area contributed by atoms with E-state index in [0.29, 0.717) is 20.9 Å². The zero-order valence-electron chi connectivity index (χ0n) is 15.6. The van der Waals surface area contributed by atoms with Crippen LogP contribution >= 0.6 is 35.0 Å². The van der Waals surface area contributed by atoms with Gasteiger partial charge in [-0.05, 0) is 69.2 Å². The summed E-state index contributed by atoms with van der Waals surface area (Å²) in [7, 11) is 0. The van der Waals surface area contributed by atoms with Crippen LogP contribution in [0.2, 0.25) is 10.0 Å². The quantitative estimate of drug-likeness (QED) is 0.598. The van der Waals surface area contributed by atoms with E-state index in [4.69, 9.17) is 28.2 Å². The molecule has 2 amide bonds. The molecule has 3 rings (SSSR count). The number of hydrogen-bond donors (Lipinski definition) is 1. The second kappa shape index (κ2) is 7.74. The van der Waals surface area contributed by atoms with E-state index in [-0.39, 0.29) is 11.6 Å². The highest BCUT2D eigenvalue weighted by molar-refractivity contribution is 8.14. The van der Waals surface area contributed by atoms with Crippen LogP contribution in [-0.2, 0) is 0 Å². The number of nitrogens with zero attached hydrogens (tertiary/aromatic N) is 2. The Kier molecular flexibility index (Phi) is 5.75. The molecule has 142 valence electrons. The number of benzene rings is 2. The number of amides is 2. The van der Waals surface area contributed by atoms with Gasteiger partial charge in [0, 0.05) is 11.4 Å². The molecule has 1 N–H and O–H groups in total. The molecule has 27 heavy (non-hydrogen) atoms. The molecular weight excluding hydrogens is 401 g/mol. The molecule has 0 unspecified atom stereocenters. The molecule has 7 heteroatoms. The minimum atomic E-state index is -0.291. The fourth-order valence-corrected chi connectivity index (χ4v) is 4.09. The maximum atomic E-state index is 13.1. The van der Waals surface area contributed by atoms with Gasteiger partial charge < -0.3 is 5.32 Å². The SMILES string of the molecule is Cc1ccc(N(C(=O)Nc2ccc(Cl)c(Cl)c2)C2=NC(C)(C)CS2)cc1C. The monoisotopic (exact) mass is 421 g/mol. The maximum absolute atomic E-state index is 13.1. The van der Waals surface area contributed by atoms with Gasteiger partial charge in [0.2, 0.25) is 0 Å². The van der Waals surface area contributed by atoms with Gasteiger partial charge in [-0.3, -0.25) is 4.99 Å². The Morgan fingerprint density at radius 1 is 1.11 bits per heavy atom. The molecule has 1 aliphatic heterocycles. The van der Waals surface area contributed by atoms with E-state index < -0.39 is 0 Å². The summed E-state index contributed by atoms with van der Waals surface area (Å²) < 4.78 is 0. The number of carbonyl (C=O) groups is 1. The number of nitrogens with one attached hydrogen (secondary N) is 1. The zero-order valence-corrected chi connectivity index (χ0v) is 18.0. The third-order valence-electron chi connectivity index (χ3n) is 4.27. The highest BCUT2D eigenvalue weighted by Gasteiger charge is 2.32. The number of thioether (sulfide) groups is 1. The van der Waals surface area contributed by atoms with Gasteiger partial charge in [-0.25, -0.2) is 9.69 Å². The average molecular weight is 422 g/mol. The number of halogens is 2. The third-order valence-corrected chi connectivity index (χ3v) is 6.39. The van der Waals surface area contributed by atoms with Gasteiger partial charge in [-0.2, -0.15) is 0 Å².